The molecule has 1 aliphatic rings. The maximum absolute atomic E-state index is 13.1. The Labute approximate surface area is 200 Å². The van der Waals surface area contributed by atoms with Crippen LogP contribution in [0.5, 0.6) is 0 Å². The molecule has 7 nitrogen and oxygen atoms in total. The highest BCUT2D eigenvalue weighted by Gasteiger charge is 2.27. The van der Waals surface area contributed by atoms with E-state index in [1.54, 1.807) is 4.68 Å². The number of rotatable bonds is 5. The molecule has 1 atom stereocenters. The quantitative estimate of drug-likeness (QED) is 0.568. The van der Waals surface area contributed by atoms with Crippen molar-refractivity contribution in [3.05, 3.63) is 69.3 Å². The molecule has 0 bridgehead atoms. The number of aromatic nitrogens is 4. The minimum Gasteiger partial charge on any atom is -0.340 e. The van der Waals surface area contributed by atoms with E-state index in [0.29, 0.717) is 25.5 Å². The summed E-state index contributed by atoms with van der Waals surface area (Å²) in [6.07, 6.45) is 0.336. The van der Waals surface area contributed by atoms with Crippen LogP contribution >= 0.6 is 11.6 Å². The fourth-order valence-electron chi connectivity index (χ4n) is 4.56. The fourth-order valence-corrected chi connectivity index (χ4v) is 4.85. The van der Waals surface area contributed by atoms with Crippen molar-refractivity contribution in [2.75, 3.05) is 26.2 Å². The van der Waals surface area contributed by atoms with Gasteiger partial charge in [-0.15, -0.1) is 0 Å². The van der Waals surface area contributed by atoms with Crippen LogP contribution in [-0.4, -0.2) is 61.6 Å². The number of hydrogen-bond donors (Lipinski definition) is 0. The summed E-state index contributed by atoms with van der Waals surface area (Å²) in [4.78, 5) is 26.5. The second kappa shape index (κ2) is 9.61. The first kappa shape index (κ1) is 23.4. The molecule has 1 aliphatic heterocycles. The normalized spacial score (nSPS) is 15.6. The zero-order chi connectivity index (χ0) is 23.7. The molecule has 0 radical (unpaired) electrons. The number of hydrogen-bond acceptors (Lipinski definition) is 5. The Bertz CT molecular complexity index is 1150. The van der Waals surface area contributed by atoms with Gasteiger partial charge in [0.1, 0.15) is 0 Å². The van der Waals surface area contributed by atoms with Gasteiger partial charge in [0.2, 0.25) is 5.91 Å². The van der Waals surface area contributed by atoms with Crippen LogP contribution in [-0.2, 0) is 11.2 Å². The van der Waals surface area contributed by atoms with E-state index in [0.717, 1.165) is 52.0 Å². The first-order valence-corrected chi connectivity index (χ1v) is 11.8. The molecular weight excluding hydrogens is 436 g/mol. The number of carbonyl (C=O) groups excluding carboxylic acids is 1. The lowest BCUT2D eigenvalue weighted by Crippen LogP contribution is -2.49. The lowest BCUT2D eigenvalue weighted by molar-refractivity contribution is -0.132. The van der Waals surface area contributed by atoms with Crippen molar-refractivity contribution < 1.29 is 4.79 Å². The molecule has 0 N–H and O–H groups in total. The van der Waals surface area contributed by atoms with E-state index in [1.807, 2.05) is 56.9 Å². The van der Waals surface area contributed by atoms with Gasteiger partial charge in [0.25, 0.3) is 5.95 Å². The van der Waals surface area contributed by atoms with E-state index in [1.165, 1.54) is 0 Å². The smallest absolute Gasteiger partial charge is 0.251 e. The van der Waals surface area contributed by atoms with Gasteiger partial charge in [-0.05, 0) is 52.3 Å². The van der Waals surface area contributed by atoms with Crippen LogP contribution in [0.2, 0.25) is 5.02 Å². The van der Waals surface area contributed by atoms with Crippen LogP contribution in [0.15, 0.2) is 30.3 Å². The van der Waals surface area contributed by atoms with Gasteiger partial charge in [-0.3, -0.25) is 9.69 Å². The van der Waals surface area contributed by atoms with Crippen LogP contribution in [0, 0.1) is 27.7 Å². The Morgan fingerprint density at radius 3 is 2.30 bits per heavy atom. The van der Waals surface area contributed by atoms with E-state index in [-0.39, 0.29) is 11.9 Å². The van der Waals surface area contributed by atoms with Crippen molar-refractivity contribution >= 4 is 17.5 Å². The highest BCUT2D eigenvalue weighted by atomic mass is 35.5. The third-order valence-corrected chi connectivity index (χ3v) is 6.84. The van der Waals surface area contributed by atoms with Crippen molar-refractivity contribution in [3.63, 3.8) is 0 Å². The van der Waals surface area contributed by atoms with Gasteiger partial charge in [-0.1, -0.05) is 29.8 Å². The number of benzene rings is 1. The minimum absolute atomic E-state index is 0.132. The summed E-state index contributed by atoms with van der Waals surface area (Å²) in [6.45, 7) is 13.1. The van der Waals surface area contributed by atoms with Gasteiger partial charge in [-0.2, -0.15) is 5.10 Å². The van der Waals surface area contributed by atoms with Crippen LogP contribution in [0.25, 0.3) is 5.95 Å². The van der Waals surface area contributed by atoms with E-state index in [4.69, 9.17) is 11.6 Å². The van der Waals surface area contributed by atoms with Gasteiger partial charge in [0.05, 0.1) is 12.1 Å². The second-order valence-corrected chi connectivity index (χ2v) is 9.21. The number of piperazine rings is 1. The molecule has 4 rings (SSSR count). The average Bonchev–Trinajstić information content (AvgIpc) is 3.07. The zero-order valence-corrected chi connectivity index (χ0v) is 20.7. The SMILES string of the molecule is Cc1cc(C)nc(-n2nc(C)c(CC(=O)N3CCN(C(C)c4ccccc4Cl)CC3)c2C)n1. The van der Waals surface area contributed by atoms with E-state index in [2.05, 4.69) is 33.0 Å². The molecule has 1 saturated heterocycles. The molecule has 2 aromatic heterocycles. The molecule has 33 heavy (non-hydrogen) atoms. The summed E-state index contributed by atoms with van der Waals surface area (Å²) in [7, 11) is 0. The van der Waals surface area contributed by atoms with Crippen molar-refractivity contribution in [3.8, 4) is 5.95 Å². The van der Waals surface area contributed by atoms with Crippen molar-refractivity contribution in [2.45, 2.75) is 47.1 Å². The van der Waals surface area contributed by atoms with Gasteiger partial charge in [0.15, 0.2) is 0 Å². The van der Waals surface area contributed by atoms with Crippen molar-refractivity contribution in [2.24, 2.45) is 0 Å². The molecule has 3 heterocycles. The third-order valence-electron chi connectivity index (χ3n) is 6.50. The molecule has 0 aliphatic carbocycles. The molecule has 0 saturated carbocycles. The maximum atomic E-state index is 13.1. The predicted octanol–water partition coefficient (Wildman–Crippen LogP) is 4.00. The van der Waals surface area contributed by atoms with Gasteiger partial charge >= 0.3 is 0 Å². The topological polar surface area (TPSA) is 67.2 Å². The molecular formula is C25H31ClN6O. The molecule has 0 spiro atoms. The summed E-state index contributed by atoms with van der Waals surface area (Å²) in [5.74, 6) is 0.682. The summed E-state index contributed by atoms with van der Waals surface area (Å²) < 4.78 is 1.75. The monoisotopic (exact) mass is 466 g/mol. The zero-order valence-electron chi connectivity index (χ0n) is 20.0. The lowest BCUT2D eigenvalue weighted by Gasteiger charge is -2.38. The first-order valence-electron chi connectivity index (χ1n) is 11.4. The van der Waals surface area contributed by atoms with Crippen LogP contribution in [0.4, 0.5) is 0 Å². The van der Waals surface area contributed by atoms with Crippen LogP contribution in [0.1, 0.15) is 46.9 Å². The number of aryl methyl sites for hydroxylation is 3. The number of carbonyl (C=O) groups is 1. The Kier molecular flexibility index (Phi) is 6.81. The molecule has 1 unspecified atom stereocenters. The van der Waals surface area contributed by atoms with Crippen LogP contribution in [0.3, 0.4) is 0 Å². The Morgan fingerprint density at radius 2 is 1.67 bits per heavy atom. The summed E-state index contributed by atoms with van der Waals surface area (Å²) in [5.41, 5.74) is 5.63. The number of amides is 1. The van der Waals surface area contributed by atoms with Crippen molar-refractivity contribution in [1.82, 2.24) is 29.5 Å². The lowest BCUT2D eigenvalue weighted by atomic mass is 10.1. The van der Waals surface area contributed by atoms with Gasteiger partial charge in [-0.25, -0.2) is 14.6 Å². The van der Waals surface area contributed by atoms with E-state index < -0.39 is 0 Å². The maximum Gasteiger partial charge on any atom is 0.251 e. The second-order valence-electron chi connectivity index (χ2n) is 8.80. The van der Waals surface area contributed by atoms with Gasteiger partial charge < -0.3 is 4.90 Å². The van der Waals surface area contributed by atoms with Crippen molar-refractivity contribution in [1.29, 1.82) is 0 Å². The Hall–Kier alpha value is -2.77. The number of halogens is 1. The highest BCUT2D eigenvalue weighted by Crippen LogP contribution is 2.28. The number of nitrogens with zero attached hydrogens (tertiary/aromatic N) is 6. The molecule has 174 valence electrons. The summed E-state index contributed by atoms with van der Waals surface area (Å²) in [5, 5.41) is 5.43. The largest absolute Gasteiger partial charge is 0.340 e. The minimum atomic E-state index is 0.132. The summed E-state index contributed by atoms with van der Waals surface area (Å²) >= 11 is 6.39. The molecule has 8 heteroatoms. The predicted molar refractivity (Wildman–Crippen MR) is 130 cm³/mol. The van der Waals surface area contributed by atoms with Gasteiger partial charge in [0, 0.05) is 59.9 Å². The molecule has 1 fully saturated rings. The average molecular weight is 467 g/mol. The molecule has 3 aromatic rings. The fraction of sp³-hybridized carbons (Fsp3) is 0.440. The van der Waals surface area contributed by atoms with E-state index in [9.17, 15) is 4.79 Å². The van der Waals surface area contributed by atoms with Crippen LogP contribution < -0.4 is 0 Å². The Morgan fingerprint density at radius 1 is 1.03 bits per heavy atom. The van der Waals surface area contributed by atoms with E-state index >= 15 is 0 Å². The summed E-state index contributed by atoms with van der Waals surface area (Å²) in [6, 6.07) is 10.1. The Balaban J connectivity index is 1.42. The molecule has 1 aromatic carbocycles. The highest BCUT2D eigenvalue weighted by molar-refractivity contribution is 6.31. The third kappa shape index (κ3) is 4.94. The standard InChI is InChI=1S/C25H31ClN6O/c1-16-14-17(2)28-25(27-16)32-20(5)22(18(3)29-32)15-24(33)31-12-10-30(11-13-31)19(4)21-8-6-7-9-23(21)26/h6-9,14,19H,10-13,15H2,1-5H3. The first-order chi connectivity index (χ1) is 15.7. The molecule has 1 amide bonds.